The van der Waals surface area contributed by atoms with Crippen LogP contribution >= 0.6 is 0 Å². The first-order chi connectivity index (χ1) is 7.70. The summed E-state index contributed by atoms with van der Waals surface area (Å²) in [4.78, 5) is 20.4. The molecule has 1 heterocycles. The fourth-order valence-electron chi connectivity index (χ4n) is 1.27. The molecule has 2 rings (SSSR count). The first-order valence-corrected chi connectivity index (χ1v) is 4.45. The molecule has 0 N–H and O–H groups in total. The van der Waals surface area contributed by atoms with E-state index >= 15 is 0 Å². The predicted octanol–water partition coefficient (Wildman–Crippen LogP) is 1.59. The van der Waals surface area contributed by atoms with Crippen LogP contribution in [0.4, 0.5) is 5.69 Å². The third-order valence-corrected chi connectivity index (χ3v) is 2.06. The van der Waals surface area contributed by atoms with E-state index in [1.807, 2.05) is 0 Å². The molecule has 0 saturated heterocycles. The Hall–Kier alpha value is -2.50. The molecule has 80 valence electrons. The number of nitro benzene ring substituents is 1. The number of nitro groups is 1. The maximum absolute atomic E-state index is 10.5. The van der Waals surface area contributed by atoms with Crippen molar-refractivity contribution in [3.8, 4) is 5.69 Å². The largest absolute Gasteiger partial charge is 0.298 e. The number of aldehydes is 1. The molecule has 0 aliphatic rings. The highest BCUT2D eigenvalue weighted by Crippen LogP contribution is 2.14. The average Bonchev–Trinajstić information content (AvgIpc) is 2.77. The van der Waals surface area contributed by atoms with Gasteiger partial charge in [-0.05, 0) is 12.1 Å². The smallest absolute Gasteiger partial charge is 0.269 e. The average molecular weight is 217 g/mol. The highest BCUT2D eigenvalue weighted by molar-refractivity contribution is 5.73. The lowest BCUT2D eigenvalue weighted by Crippen LogP contribution is -1.94. The van der Waals surface area contributed by atoms with Crippen molar-refractivity contribution in [2.24, 2.45) is 0 Å². The molecule has 16 heavy (non-hydrogen) atoms. The molecule has 6 nitrogen and oxygen atoms in total. The molecule has 1 aromatic heterocycles. The van der Waals surface area contributed by atoms with Gasteiger partial charge in [0.05, 0.1) is 22.4 Å². The molecule has 0 bridgehead atoms. The lowest BCUT2D eigenvalue weighted by atomic mass is 10.3. The van der Waals surface area contributed by atoms with Crippen LogP contribution in [0.1, 0.15) is 10.4 Å². The van der Waals surface area contributed by atoms with Crippen LogP contribution in [0.3, 0.4) is 0 Å². The SMILES string of the molecule is O=Cc1cnn(-c2ccc([N+](=O)[O-])cc2)c1. The second-order valence-electron chi connectivity index (χ2n) is 3.11. The Morgan fingerprint density at radius 1 is 1.31 bits per heavy atom. The summed E-state index contributed by atoms with van der Waals surface area (Å²) in [6.45, 7) is 0. The molecule has 1 aromatic carbocycles. The minimum Gasteiger partial charge on any atom is -0.298 e. The van der Waals surface area contributed by atoms with Gasteiger partial charge in [0, 0.05) is 18.3 Å². The summed E-state index contributed by atoms with van der Waals surface area (Å²) in [6, 6.07) is 5.91. The van der Waals surface area contributed by atoms with Gasteiger partial charge in [0.2, 0.25) is 0 Å². The van der Waals surface area contributed by atoms with Gasteiger partial charge in [-0.1, -0.05) is 0 Å². The third-order valence-electron chi connectivity index (χ3n) is 2.06. The molecule has 0 unspecified atom stereocenters. The van der Waals surface area contributed by atoms with Crippen molar-refractivity contribution in [2.45, 2.75) is 0 Å². The number of nitrogens with zero attached hydrogens (tertiary/aromatic N) is 3. The molecule has 0 atom stereocenters. The number of hydrogen-bond acceptors (Lipinski definition) is 4. The van der Waals surface area contributed by atoms with Gasteiger partial charge < -0.3 is 0 Å². The van der Waals surface area contributed by atoms with Crippen molar-refractivity contribution in [1.29, 1.82) is 0 Å². The minimum absolute atomic E-state index is 0.0199. The summed E-state index contributed by atoms with van der Waals surface area (Å²) < 4.78 is 1.48. The summed E-state index contributed by atoms with van der Waals surface area (Å²) in [5, 5.41) is 14.4. The van der Waals surface area contributed by atoms with E-state index in [2.05, 4.69) is 5.10 Å². The van der Waals surface area contributed by atoms with Crippen LogP contribution in [0.5, 0.6) is 0 Å². The fraction of sp³-hybridized carbons (Fsp3) is 0. The number of non-ortho nitro benzene ring substituents is 1. The van der Waals surface area contributed by atoms with Crippen molar-refractivity contribution < 1.29 is 9.72 Å². The molecule has 0 aliphatic carbocycles. The molecular weight excluding hydrogens is 210 g/mol. The van der Waals surface area contributed by atoms with E-state index in [4.69, 9.17) is 0 Å². The van der Waals surface area contributed by atoms with Gasteiger partial charge in [0.25, 0.3) is 5.69 Å². The number of benzene rings is 1. The van der Waals surface area contributed by atoms with E-state index in [1.54, 1.807) is 18.3 Å². The van der Waals surface area contributed by atoms with Crippen LogP contribution in [0, 0.1) is 10.1 Å². The Bertz CT molecular complexity index is 530. The van der Waals surface area contributed by atoms with E-state index in [-0.39, 0.29) is 5.69 Å². The molecule has 0 fully saturated rings. The lowest BCUT2D eigenvalue weighted by Gasteiger charge is -1.99. The first-order valence-electron chi connectivity index (χ1n) is 4.45. The number of hydrogen-bond donors (Lipinski definition) is 0. The van der Waals surface area contributed by atoms with Crippen LogP contribution < -0.4 is 0 Å². The molecule has 0 aliphatic heterocycles. The van der Waals surface area contributed by atoms with Gasteiger partial charge in [-0.2, -0.15) is 5.10 Å². The van der Waals surface area contributed by atoms with Crippen molar-refractivity contribution in [2.75, 3.05) is 0 Å². The second kappa shape index (κ2) is 3.93. The summed E-state index contributed by atoms with van der Waals surface area (Å²) in [7, 11) is 0. The van der Waals surface area contributed by atoms with E-state index in [1.165, 1.54) is 23.0 Å². The highest BCUT2D eigenvalue weighted by atomic mass is 16.6. The first kappa shape index (κ1) is 10.0. The zero-order chi connectivity index (χ0) is 11.5. The number of carbonyl (C=O) groups is 1. The monoisotopic (exact) mass is 217 g/mol. The van der Waals surface area contributed by atoms with Gasteiger partial charge in [-0.15, -0.1) is 0 Å². The Morgan fingerprint density at radius 3 is 2.50 bits per heavy atom. The van der Waals surface area contributed by atoms with Gasteiger partial charge in [-0.25, -0.2) is 4.68 Å². The lowest BCUT2D eigenvalue weighted by molar-refractivity contribution is -0.384. The van der Waals surface area contributed by atoms with Crippen molar-refractivity contribution >= 4 is 12.0 Å². The second-order valence-corrected chi connectivity index (χ2v) is 3.11. The molecule has 0 spiro atoms. The standard InChI is InChI=1S/C10H7N3O3/c14-7-8-5-11-12(6-8)9-1-3-10(4-2-9)13(15)16/h1-7H. The van der Waals surface area contributed by atoms with Crippen LogP contribution in [0.25, 0.3) is 5.69 Å². The Balaban J connectivity index is 2.34. The molecule has 0 radical (unpaired) electrons. The zero-order valence-corrected chi connectivity index (χ0v) is 8.11. The van der Waals surface area contributed by atoms with Gasteiger partial charge in [0.15, 0.2) is 6.29 Å². The van der Waals surface area contributed by atoms with Crippen LogP contribution in [-0.4, -0.2) is 21.0 Å². The van der Waals surface area contributed by atoms with E-state index in [0.717, 1.165) is 0 Å². The van der Waals surface area contributed by atoms with Gasteiger partial charge >= 0.3 is 0 Å². The normalized spacial score (nSPS) is 10.0. The minimum atomic E-state index is -0.469. The Kier molecular flexibility index (Phi) is 2.47. The molecule has 0 saturated carbocycles. The zero-order valence-electron chi connectivity index (χ0n) is 8.11. The molecule has 6 heteroatoms. The Labute approximate surface area is 90.3 Å². The quantitative estimate of drug-likeness (QED) is 0.444. The summed E-state index contributed by atoms with van der Waals surface area (Å²) in [5.41, 5.74) is 1.14. The van der Waals surface area contributed by atoms with Crippen molar-refractivity contribution in [3.05, 3.63) is 52.3 Å². The highest BCUT2D eigenvalue weighted by Gasteiger charge is 2.05. The number of aromatic nitrogens is 2. The van der Waals surface area contributed by atoms with Crippen LogP contribution in [-0.2, 0) is 0 Å². The third kappa shape index (κ3) is 1.81. The molecule has 2 aromatic rings. The van der Waals surface area contributed by atoms with E-state index in [9.17, 15) is 14.9 Å². The van der Waals surface area contributed by atoms with Gasteiger partial charge in [0.1, 0.15) is 0 Å². The summed E-state index contributed by atoms with van der Waals surface area (Å²) in [6.07, 6.45) is 3.66. The summed E-state index contributed by atoms with van der Waals surface area (Å²) >= 11 is 0. The topological polar surface area (TPSA) is 78.0 Å². The molecule has 0 amide bonds. The predicted molar refractivity (Wildman–Crippen MR) is 55.6 cm³/mol. The van der Waals surface area contributed by atoms with E-state index in [0.29, 0.717) is 17.5 Å². The van der Waals surface area contributed by atoms with Crippen molar-refractivity contribution in [1.82, 2.24) is 9.78 Å². The maximum Gasteiger partial charge on any atom is 0.269 e. The molecular formula is C10H7N3O3. The van der Waals surface area contributed by atoms with Crippen LogP contribution in [0.15, 0.2) is 36.7 Å². The van der Waals surface area contributed by atoms with Crippen LogP contribution in [0.2, 0.25) is 0 Å². The maximum atomic E-state index is 10.5. The summed E-state index contributed by atoms with van der Waals surface area (Å²) in [5.74, 6) is 0. The van der Waals surface area contributed by atoms with E-state index < -0.39 is 4.92 Å². The number of rotatable bonds is 3. The van der Waals surface area contributed by atoms with Crippen molar-refractivity contribution in [3.63, 3.8) is 0 Å². The van der Waals surface area contributed by atoms with Gasteiger partial charge in [-0.3, -0.25) is 14.9 Å². The number of carbonyl (C=O) groups excluding carboxylic acids is 1. The Morgan fingerprint density at radius 2 is 2.00 bits per heavy atom. The fourth-order valence-corrected chi connectivity index (χ4v) is 1.27.